The van der Waals surface area contributed by atoms with Gasteiger partial charge in [-0.3, -0.25) is 14.4 Å². The number of ketones is 1. The van der Waals surface area contributed by atoms with Crippen molar-refractivity contribution in [3.05, 3.63) is 118 Å². The Morgan fingerprint density at radius 1 is 0.960 bits per heavy atom. The quantitative estimate of drug-likeness (QED) is 0.0984. The van der Waals surface area contributed by atoms with E-state index in [0.29, 0.717) is 6.54 Å². The zero-order chi connectivity index (χ0) is 35.7. The summed E-state index contributed by atoms with van der Waals surface area (Å²) in [6, 6.07) is 11.0. The Hall–Kier alpha value is -5.14. The average molecular weight is 693 g/mol. The van der Waals surface area contributed by atoms with Gasteiger partial charge in [0.2, 0.25) is 11.7 Å². The van der Waals surface area contributed by atoms with Crippen LogP contribution in [0.3, 0.4) is 0 Å². The molecule has 260 valence electrons. The molecule has 6 rings (SSSR count). The van der Waals surface area contributed by atoms with Crippen LogP contribution in [0.25, 0.3) is 27.4 Å². The Bertz CT molecular complexity index is 2170. The maximum absolute atomic E-state index is 15.1. The summed E-state index contributed by atoms with van der Waals surface area (Å²) in [6.07, 6.45) is 4.76. The number of carbonyl (C=O) groups excluding carboxylic acids is 2. The molecule has 13 heteroatoms. The molecular formula is C37H33F5N4O4. The van der Waals surface area contributed by atoms with E-state index in [9.17, 15) is 27.6 Å². The minimum absolute atomic E-state index is 0.0752. The fourth-order valence-electron chi connectivity index (χ4n) is 6.44. The standard InChI is InChI=1S/C37H33F5N4O4/c1-45-16-13-21-17-28(37(40,41)42)27(20-26(21)36(45)49)25-5-4-15-46-31(25)11-12-32(46)35(48)22-18-29(38)34(30(39)19-22)44-33(47)6-3-14-43-23-7-9-24(50-2)10-8-23/h3-6,11-13,15-20,23-24,43H,7-10,14H2,1-2H3,(H,44,47)/b6-3+. The van der Waals surface area contributed by atoms with Crippen LogP contribution in [0.4, 0.5) is 27.6 Å². The maximum Gasteiger partial charge on any atom is 0.417 e. The minimum Gasteiger partial charge on any atom is -0.381 e. The first kappa shape index (κ1) is 34.7. The number of carbonyl (C=O) groups is 2. The van der Waals surface area contributed by atoms with E-state index in [1.54, 1.807) is 13.2 Å². The van der Waals surface area contributed by atoms with Gasteiger partial charge in [-0.1, -0.05) is 12.1 Å². The van der Waals surface area contributed by atoms with Gasteiger partial charge < -0.3 is 24.3 Å². The molecule has 0 aliphatic heterocycles. The predicted molar refractivity (Wildman–Crippen MR) is 179 cm³/mol. The number of hydrogen-bond donors (Lipinski definition) is 2. The topological polar surface area (TPSA) is 93.8 Å². The van der Waals surface area contributed by atoms with E-state index >= 15 is 8.78 Å². The second-order valence-corrected chi connectivity index (χ2v) is 12.3. The van der Waals surface area contributed by atoms with E-state index in [-0.39, 0.29) is 50.8 Å². The molecule has 0 bridgehead atoms. The van der Waals surface area contributed by atoms with E-state index in [1.807, 2.05) is 0 Å². The Morgan fingerprint density at radius 3 is 2.36 bits per heavy atom. The Labute approximate surface area is 283 Å². The lowest BCUT2D eigenvalue weighted by Crippen LogP contribution is -2.35. The number of hydrogen-bond acceptors (Lipinski definition) is 5. The van der Waals surface area contributed by atoms with E-state index < -0.39 is 46.3 Å². The molecule has 8 nitrogen and oxygen atoms in total. The third-order valence-electron chi connectivity index (χ3n) is 9.09. The monoisotopic (exact) mass is 692 g/mol. The molecule has 2 N–H and O–H groups in total. The number of nitrogens with one attached hydrogen (secondary N) is 2. The fourth-order valence-corrected chi connectivity index (χ4v) is 6.44. The molecule has 2 aromatic carbocycles. The van der Waals surface area contributed by atoms with Crippen molar-refractivity contribution < 1.29 is 36.3 Å². The fraction of sp³-hybridized carbons (Fsp3) is 0.270. The van der Waals surface area contributed by atoms with Gasteiger partial charge in [-0.25, -0.2) is 8.78 Å². The maximum atomic E-state index is 15.1. The van der Waals surface area contributed by atoms with Gasteiger partial charge in [0.15, 0.2) is 0 Å². The number of amides is 1. The lowest BCUT2D eigenvalue weighted by molar-refractivity contribution is -0.137. The third-order valence-corrected chi connectivity index (χ3v) is 9.09. The van der Waals surface area contributed by atoms with Gasteiger partial charge in [0.1, 0.15) is 17.3 Å². The average Bonchev–Trinajstić information content (AvgIpc) is 3.53. The molecule has 0 atom stereocenters. The van der Waals surface area contributed by atoms with Crippen LogP contribution in [0.15, 0.2) is 83.9 Å². The first-order valence-electron chi connectivity index (χ1n) is 15.9. The Balaban J connectivity index is 1.23. The van der Waals surface area contributed by atoms with Crippen LogP contribution in [-0.4, -0.2) is 46.5 Å². The number of fused-ring (bicyclic) bond motifs is 2. The van der Waals surface area contributed by atoms with Crippen LogP contribution in [0.5, 0.6) is 0 Å². The first-order chi connectivity index (χ1) is 23.8. The molecule has 3 heterocycles. The summed E-state index contributed by atoms with van der Waals surface area (Å²) in [7, 11) is 3.18. The number of rotatable bonds is 9. The number of pyridine rings is 2. The third kappa shape index (κ3) is 6.96. The van der Waals surface area contributed by atoms with Crippen molar-refractivity contribution in [3.63, 3.8) is 0 Å². The normalized spacial score (nSPS) is 16.8. The molecule has 1 saturated carbocycles. The molecule has 50 heavy (non-hydrogen) atoms. The van der Waals surface area contributed by atoms with Gasteiger partial charge in [-0.2, -0.15) is 13.2 Å². The zero-order valence-electron chi connectivity index (χ0n) is 27.1. The van der Waals surface area contributed by atoms with Crippen LogP contribution in [0, 0.1) is 11.6 Å². The Kier molecular flexibility index (Phi) is 9.72. The second kappa shape index (κ2) is 14.0. The van der Waals surface area contributed by atoms with Crippen molar-refractivity contribution in [3.8, 4) is 11.1 Å². The minimum atomic E-state index is -4.77. The molecule has 0 saturated heterocycles. The number of alkyl halides is 3. The molecular weight excluding hydrogens is 659 g/mol. The van der Waals surface area contributed by atoms with E-state index in [1.165, 1.54) is 64.8 Å². The molecule has 1 amide bonds. The van der Waals surface area contributed by atoms with Crippen molar-refractivity contribution in [1.29, 1.82) is 0 Å². The molecule has 1 fully saturated rings. The highest BCUT2D eigenvalue weighted by molar-refractivity contribution is 6.09. The van der Waals surface area contributed by atoms with Crippen LogP contribution < -0.4 is 16.2 Å². The number of ether oxygens (including phenoxy) is 1. The van der Waals surface area contributed by atoms with Gasteiger partial charge in [-0.15, -0.1) is 0 Å². The number of aryl methyl sites for hydroxylation is 1. The van der Waals surface area contributed by atoms with Crippen molar-refractivity contribution in [1.82, 2.24) is 14.3 Å². The summed E-state index contributed by atoms with van der Waals surface area (Å²) >= 11 is 0. The first-order valence-corrected chi connectivity index (χ1v) is 15.9. The van der Waals surface area contributed by atoms with E-state index in [2.05, 4.69) is 10.6 Å². The summed E-state index contributed by atoms with van der Waals surface area (Å²) < 4.78 is 81.1. The van der Waals surface area contributed by atoms with Crippen molar-refractivity contribution in [2.75, 3.05) is 19.0 Å². The number of anilines is 1. The highest BCUT2D eigenvalue weighted by atomic mass is 19.4. The molecule has 0 unspecified atom stereocenters. The Morgan fingerprint density at radius 2 is 1.68 bits per heavy atom. The molecule has 1 aliphatic rings. The van der Waals surface area contributed by atoms with Gasteiger partial charge in [-0.05, 0) is 85.2 Å². The number of halogens is 5. The van der Waals surface area contributed by atoms with E-state index in [4.69, 9.17) is 4.74 Å². The van der Waals surface area contributed by atoms with Gasteiger partial charge in [0.05, 0.1) is 22.9 Å². The van der Waals surface area contributed by atoms with Crippen LogP contribution in [-0.2, 0) is 22.8 Å². The molecule has 5 aromatic rings. The van der Waals surface area contributed by atoms with Crippen LogP contribution in [0.1, 0.15) is 47.3 Å². The molecule has 0 spiro atoms. The largest absolute Gasteiger partial charge is 0.417 e. The predicted octanol–water partition coefficient (Wildman–Crippen LogP) is 7.03. The van der Waals surface area contributed by atoms with Gasteiger partial charge in [0, 0.05) is 61.7 Å². The number of benzene rings is 2. The summed E-state index contributed by atoms with van der Waals surface area (Å²) in [5.74, 6) is -3.94. The summed E-state index contributed by atoms with van der Waals surface area (Å²) in [4.78, 5) is 38.7. The highest BCUT2D eigenvalue weighted by Crippen LogP contribution is 2.41. The molecule has 3 aromatic heterocycles. The lowest BCUT2D eigenvalue weighted by atomic mass is 9.93. The van der Waals surface area contributed by atoms with Crippen molar-refractivity contribution >= 4 is 33.7 Å². The summed E-state index contributed by atoms with van der Waals surface area (Å²) in [5.41, 5.74) is -2.63. The number of aromatic nitrogens is 2. The number of methoxy groups -OCH3 is 1. The van der Waals surface area contributed by atoms with Crippen LogP contribution >= 0.6 is 0 Å². The molecule has 1 aliphatic carbocycles. The summed E-state index contributed by atoms with van der Waals surface area (Å²) in [6.45, 7) is 0.387. The van der Waals surface area contributed by atoms with Gasteiger partial charge >= 0.3 is 6.18 Å². The van der Waals surface area contributed by atoms with Crippen LogP contribution in [0.2, 0.25) is 0 Å². The van der Waals surface area contributed by atoms with Gasteiger partial charge in [0.25, 0.3) is 5.56 Å². The highest BCUT2D eigenvalue weighted by Gasteiger charge is 2.35. The molecule has 0 radical (unpaired) electrons. The second-order valence-electron chi connectivity index (χ2n) is 12.3. The number of nitrogens with zero attached hydrogens (tertiary/aromatic N) is 2. The van der Waals surface area contributed by atoms with E-state index in [0.717, 1.165) is 50.0 Å². The SMILES string of the molecule is COC1CCC(NC/C=C/C(=O)Nc2c(F)cc(C(=O)c3ccc4c(-c5cc6c(=O)n(C)ccc6cc5C(F)(F)F)cccn34)cc2F)CC1. The van der Waals surface area contributed by atoms with Crippen molar-refractivity contribution in [2.45, 2.75) is 44.0 Å². The zero-order valence-corrected chi connectivity index (χ0v) is 27.1. The lowest BCUT2D eigenvalue weighted by Gasteiger charge is -2.27. The van der Waals surface area contributed by atoms with Crippen molar-refractivity contribution in [2.24, 2.45) is 7.05 Å². The summed E-state index contributed by atoms with van der Waals surface area (Å²) in [5, 5.41) is 5.68. The smallest absolute Gasteiger partial charge is 0.381 e.